The summed E-state index contributed by atoms with van der Waals surface area (Å²) < 4.78 is 13.3. The van der Waals surface area contributed by atoms with Crippen LogP contribution in [0.15, 0.2) is 47.4 Å². The van der Waals surface area contributed by atoms with Gasteiger partial charge in [0.2, 0.25) is 0 Å². The van der Waals surface area contributed by atoms with Crippen molar-refractivity contribution in [3.8, 4) is 0 Å². The first-order valence-corrected chi connectivity index (χ1v) is 7.96. The van der Waals surface area contributed by atoms with Gasteiger partial charge in [0.05, 0.1) is 12.1 Å². The minimum atomic E-state index is 0.327. The maximum Gasteiger partial charge on any atom is 0.0818 e. The Hall–Kier alpha value is -1.54. The van der Waals surface area contributed by atoms with Crippen LogP contribution in [0.2, 0.25) is 0 Å². The Bertz CT molecular complexity index is 671. The molecule has 110 valence electrons. The highest BCUT2D eigenvalue weighted by atomic mass is 32.2. The molecule has 0 heterocycles. The van der Waals surface area contributed by atoms with Crippen LogP contribution in [0, 0.1) is 20.8 Å². The van der Waals surface area contributed by atoms with Crippen LogP contribution in [0.5, 0.6) is 0 Å². The minimum absolute atomic E-state index is 0.327. The van der Waals surface area contributed by atoms with Gasteiger partial charge in [0.1, 0.15) is 0 Å². The van der Waals surface area contributed by atoms with Gasteiger partial charge in [-0.05, 0) is 61.1 Å². The van der Waals surface area contributed by atoms with Gasteiger partial charge in [-0.2, -0.15) is 3.89 Å². The Kier molecular flexibility index (Phi) is 5.24. The highest BCUT2D eigenvalue weighted by Gasteiger charge is 2.13. The molecule has 0 nitrogen and oxygen atoms in total. The van der Waals surface area contributed by atoms with Gasteiger partial charge in [0.15, 0.2) is 0 Å². The van der Waals surface area contributed by atoms with Crippen LogP contribution < -0.4 is 0 Å². The topological polar surface area (TPSA) is 0 Å². The van der Waals surface area contributed by atoms with Crippen LogP contribution >= 0.6 is 12.1 Å². The summed E-state index contributed by atoms with van der Waals surface area (Å²) in [5, 5.41) is 0. The number of rotatable bonds is 4. The van der Waals surface area contributed by atoms with Crippen molar-refractivity contribution in [2.24, 2.45) is 0 Å². The second-order valence-electron chi connectivity index (χ2n) is 5.42. The zero-order valence-electron chi connectivity index (χ0n) is 13.0. The SMILES string of the molecule is CC/C=C(/c1ccc(C)cc1C)c1ccc(C)cc1SF. The Labute approximate surface area is 131 Å². The lowest BCUT2D eigenvalue weighted by Crippen LogP contribution is -1.95. The summed E-state index contributed by atoms with van der Waals surface area (Å²) in [6, 6.07) is 12.4. The third-order valence-corrected chi connectivity index (χ3v) is 4.09. The van der Waals surface area contributed by atoms with E-state index in [1.54, 1.807) is 0 Å². The van der Waals surface area contributed by atoms with E-state index in [1.807, 2.05) is 25.1 Å². The average Bonchev–Trinajstić information content (AvgIpc) is 2.45. The molecular weight excluding hydrogens is 279 g/mol. The van der Waals surface area contributed by atoms with Crippen LogP contribution in [-0.2, 0) is 0 Å². The molecule has 2 rings (SSSR count). The van der Waals surface area contributed by atoms with Crippen LogP contribution in [0.1, 0.15) is 41.2 Å². The molecule has 0 saturated heterocycles. The number of hydrogen-bond acceptors (Lipinski definition) is 1. The molecule has 2 aromatic carbocycles. The van der Waals surface area contributed by atoms with Crippen molar-refractivity contribution in [2.75, 3.05) is 0 Å². The molecule has 0 aliphatic rings. The second-order valence-corrected chi connectivity index (χ2v) is 6.02. The molecule has 0 bridgehead atoms. The highest BCUT2D eigenvalue weighted by molar-refractivity contribution is 7.94. The van der Waals surface area contributed by atoms with Crippen molar-refractivity contribution < 1.29 is 3.89 Å². The molecule has 0 spiro atoms. The maximum absolute atomic E-state index is 13.3. The smallest absolute Gasteiger partial charge is 0.0818 e. The zero-order chi connectivity index (χ0) is 15.4. The maximum atomic E-state index is 13.3. The standard InChI is InChI=1S/C19H21FS/c1-5-6-17(16-9-7-13(2)11-15(16)4)18-10-8-14(3)12-19(18)21-20/h6-12H,5H2,1-4H3/b17-6-. The number of halogens is 1. The van der Waals surface area contributed by atoms with E-state index in [0.29, 0.717) is 17.0 Å². The highest BCUT2D eigenvalue weighted by Crippen LogP contribution is 2.35. The van der Waals surface area contributed by atoms with Crippen LogP contribution in [0.4, 0.5) is 3.89 Å². The van der Waals surface area contributed by atoms with Crippen molar-refractivity contribution in [3.63, 3.8) is 0 Å². The fraction of sp³-hybridized carbons (Fsp3) is 0.263. The van der Waals surface area contributed by atoms with E-state index in [0.717, 1.165) is 23.1 Å². The number of allylic oxidation sites excluding steroid dienone is 1. The molecule has 0 fully saturated rings. The molecule has 0 aromatic heterocycles. The summed E-state index contributed by atoms with van der Waals surface area (Å²) in [5.74, 6) is 0. The van der Waals surface area contributed by atoms with Crippen molar-refractivity contribution in [1.82, 2.24) is 0 Å². The third kappa shape index (κ3) is 3.56. The number of aryl methyl sites for hydroxylation is 3. The van der Waals surface area contributed by atoms with E-state index in [1.165, 1.54) is 16.7 Å². The normalized spacial score (nSPS) is 11.8. The van der Waals surface area contributed by atoms with E-state index in [4.69, 9.17) is 0 Å². The lowest BCUT2D eigenvalue weighted by Gasteiger charge is -2.15. The molecule has 2 heteroatoms. The second kappa shape index (κ2) is 6.95. The van der Waals surface area contributed by atoms with Crippen molar-refractivity contribution >= 4 is 17.7 Å². The molecular formula is C19H21FS. The van der Waals surface area contributed by atoms with E-state index in [9.17, 15) is 3.89 Å². The van der Waals surface area contributed by atoms with Crippen LogP contribution in [-0.4, -0.2) is 0 Å². The fourth-order valence-corrected chi connectivity index (χ4v) is 3.09. The molecule has 0 amide bonds. The Morgan fingerprint density at radius 2 is 1.62 bits per heavy atom. The summed E-state index contributed by atoms with van der Waals surface area (Å²) in [7, 11) is 0. The lowest BCUT2D eigenvalue weighted by molar-refractivity contribution is 0.932. The van der Waals surface area contributed by atoms with E-state index < -0.39 is 0 Å². The first-order valence-electron chi connectivity index (χ1n) is 7.24. The summed E-state index contributed by atoms with van der Waals surface area (Å²) in [6.45, 7) is 8.31. The van der Waals surface area contributed by atoms with Crippen LogP contribution in [0.3, 0.4) is 0 Å². The zero-order valence-corrected chi connectivity index (χ0v) is 13.9. The first kappa shape index (κ1) is 15.8. The van der Waals surface area contributed by atoms with Gasteiger partial charge in [0.25, 0.3) is 0 Å². The van der Waals surface area contributed by atoms with Crippen molar-refractivity contribution in [3.05, 3.63) is 70.3 Å². The van der Waals surface area contributed by atoms with Gasteiger partial charge in [0, 0.05) is 4.90 Å². The fourth-order valence-electron chi connectivity index (χ4n) is 2.60. The van der Waals surface area contributed by atoms with Gasteiger partial charge < -0.3 is 0 Å². The molecule has 0 unspecified atom stereocenters. The summed E-state index contributed by atoms with van der Waals surface area (Å²) in [6.07, 6.45) is 3.11. The largest absolute Gasteiger partial charge is 0.160 e. The van der Waals surface area contributed by atoms with Gasteiger partial charge in [-0.1, -0.05) is 48.9 Å². The molecule has 21 heavy (non-hydrogen) atoms. The molecule has 0 N–H and O–H groups in total. The molecule has 0 aliphatic heterocycles. The Morgan fingerprint density at radius 1 is 1.00 bits per heavy atom. The Morgan fingerprint density at radius 3 is 2.19 bits per heavy atom. The van der Waals surface area contributed by atoms with E-state index in [2.05, 4.69) is 45.0 Å². The average molecular weight is 300 g/mol. The summed E-state index contributed by atoms with van der Waals surface area (Å²) in [4.78, 5) is 0.690. The summed E-state index contributed by atoms with van der Waals surface area (Å²) in [5.41, 5.74) is 6.83. The van der Waals surface area contributed by atoms with E-state index in [-0.39, 0.29) is 0 Å². The van der Waals surface area contributed by atoms with Gasteiger partial charge in [-0.25, -0.2) is 0 Å². The first-order chi connectivity index (χ1) is 10.1. The van der Waals surface area contributed by atoms with Gasteiger partial charge >= 0.3 is 0 Å². The lowest BCUT2D eigenvalue weighted by atomic mass is 9.92. The number of benzene rings is 2. The van der Waals surface area contributed by atoms with Crippen molar-refractivity contribution in [1.29, 1.82) is 0 Å². The molecule has 0 saturated carbocycles. The molecule has 0 aliphatic carbocycles. The van der Waals surface area contributed by atoms with Crippen LogP contribution in [0.25, 0.3) is 5.57 Å². The van der Waals surface area contributed by atoms with E-state index >= 15 is 0 Å². The monoisotopic (exact) mass is 300 g/mol. The van der Waals surface area contributed by atoms with Gasteiger partial charge in [-0.3, -0.25) is 0 Å². The third-order valence-electron chi connectivity index (χ3n) is 3.59. The Balaban J connectivity index is 2.62. The predicted octanol–water partition coefficient (Wildman–Crippen LogP) is 6.43. The number of hydrogen-bond donors (Lipinski definition) is 0. The molecule has 2 aromatic rings. The predicted molar refractivity (Wildman–Crippen MR) is 91.4 cm³/mol. The minimum Gasteiger partial charge on any atom is -0.160 e. The van der Waals surface area contributed by atoms with Crippen molar-refractivity contribution in [2.45, 2.75) is 39.0 Å². The molecule has 0 atom stereocenters. The van der Waals surface area contributed by atoms with Gasteiger partial charge in [-0.15, -0.1) is 0 Å². The summed E-state index contributed by atoms with van der Waals surface area (Å²) >= 11 is 0.327. The quantitative estimate of drug-likeness (QED) is 0.627. The molecule has 0 radical (unpaired) electrons.